The van der Waals surface area contributed by atoms with Gasteiger partial charge in [0.2, 0.25) is 0 Å². The van der Waals surface area contributed by atoms with Gasteiger partial charge in [-0.3, -0.25) is 4.90 Å². The predicted octanol–water partition coefficient (Wildman–Crippen LogP) is 0.860. The minimum Gasteiger partial charge on any atom is -0.317 e. The van der Waals surface area contributed by atoms with Crippen molar-refractivity contribution in [1.29, 1.82) is 0 Å². The Hall–Kier alpha value is -0.720. The summed E-state index contributed by atoms with van der Waals surface area (Å²) < 4.78 is 1.97. The lowest BCUT2D eigenvalue weighted by Gasteiger charge is -2.43. The number of piperidine rings is 1. The summed E-state index contributed by atoms with van der Waals surface area (Å²) in [6, 6.07) is 1.06. The van der Waals surface area contributed by atoms with Crippen molar-refractivity contribution in [3.63, 3.8) is 0 Å². The molecule has 1 aromatic rings. The second-order valence-corrected chi connectivity index (χ2v) is 5.67. The van der Waals surface area contributed by atoms with Gasteiger partial charge in [0.05, 0.1) is 12.6 Å². The number of nitrogens with one attached hydrogen (secondary N) is 1. The van der Waals surface area contributed by atoms with Crippen molar-refractivity contribution >= 4 is 12.4 Å². The lowest BCUT2D eigenvalue weighted by Crippen LogP contribution is -2.50. The first-order valence-corrected chi connectivity index (χ1v) is 7.00. The summed E-state index contributed by atoms with van der Waals surface area (Å²) in [7, 11) is 0. The molecule has 0 aromatic carbocycles. The van der Waals surface area contributed by atoms with Crippen LogP contribution < -0.4 is 5.32 Å². The van der Waals surface area contributed by atoms with E-state index in [0.717, 1.165) is 32.0 Å². The van der Waals surface area contributed by atoms with Crippen LogP contribution in [0.1, 0.15) is 38.6 Å². The van der Waals surface area contributed by atoms with Crippen LogP contribution in [0.5, 0.6) is 0 Å². The van der Waals surface area contributed by atoms with E-state index in [1.807, 2.05) is 4.68 Å². The summed E-state index contributed by atoms with van der Waals surface area (Å²) in [4.78, 5) is 2.64. The quantitative estimate of drug-likeness (QED) is 0.874. The zero-order chi connectivity index (χ0) is 12.5. The molecule has 0 bridgehead atoms. The fourth-order valence-corrected chi connectivity index (χ4v) is 3.31. The first kappa shape index (κ1) is 14.7. The molecule has 1 aromatic heterocycles. The average Bonchev–Trinajstić information content (AvgIpc) is 2.86. The number of halogens is 1. The van der Waals surface area contributed by atoms with Crippen molar-refractivity contribution in [1.82, 2.24) is 30.4 Å². The Morgan fingerprint density at radius 2 is 1.95 bits per heavy atom. The van der Waals surface area contributed by atoms with Crippen LogP contribution >= 0.6 is 12.4 Å². The van der Waals surface area contributed by atoms with Crippen LogP contribution in [0.25, 0.3) is 0 Å². The highest BCUT2D eigenvalue weighted by Gasteiger charge is 2.36. The smallest absolute Gasteiger partial charge is 0.168 e. The molecule has 19 heavy (non-hydrogen) atoms. The number of rotatable bonds is 2. The van der Waals surface area contributed by atoms with Crippen LogP contribution in [0.15, 0.2) is 0 Å². The zero-order valence-corrected chi connectivity index (χ0v) is 12.4. The van der Waals surface area contributed by atoms with Gasteiger partial charge in [-0.1, -0.05) is 13.8 Å². The van der Waals surface area contributed by atoms with Crippen LogP contribution in [-0.4, -0.2) is 50.8 Å². The summed E-state index contributed by atoms with van der Waals surface area (Å²) in [5.74, 6) is 1.60. The normalized spacial score (nSPS) is 25.1. The molecule has 0 aliphatic carbocycles. The number of hydrogen-bond acceptors (Lipinski definition) is 5. The van der Waals surface area contributed by atoms with Crippen molar-refractivity contribution in [3.8, 4) is 0 Å². The second kappa shape index (κ2) is 6.15. The van der Waals surface area contributed by atoms with Gasteiger partial charge in [0.25, 0.3) is 0 Å². The first-order chi connectivity index (χ1) is 8.77. The maximum atomic E-state index is 4.25. The number of tetrazole rings is 1. The highest BCUT2D eigenvalue weighted by Crippen LogP contribution is 2.33. The van der Waals surface area contributed by atoms with E-state index >= 15 is 0 Å². The van der Waals surface area contributed by atoms with Gasteiger partial charge in [0, 0.05) is 12.6 Å². The number of nitrogens with zero attached hydrogens (tertiary/aromatic N) is 5. The van der Waals surface area contributed by atoms with E-state index in [1.54, 1.807) is 0 Å². The molecule has 2 aliphatic heterocycles. The third-order valence-electron chi connectivity index (χ3n) is 4.16. The van der Waals surface area contributed by atoms with Gasteiger partial charge < -0.3 is 5.32 Å². The van der Waals surface area contributed by atoms with Gasteiger partial charge in [-0.05, 0) is 42.3 Å². The van der Waals surface area contributed by atoms with Crippen molar-refractivity contribution < 1.29 is 0 Å². The summed E-state index contributed by atoms with van der Waals surface area (Å²) >= 11 is 0. The van der Waals surface area contributed by atoms with E-state index in [9.17, 15) is 0 Å². The third-order valence-corrected chi connectivity index (χ3v) is 4.16. The fourth-order valence-electron chi connectivity index (χ4n) is 3.31. The number of fused-ring (bicyclic) bond motifs is 1. The Balaban J connectivity index is 0.00000133. The van der Waals surface area contributed by atoms with Gasteiger partial charge in [-0.15, -0.1) is 17.5 Å². The Kier molecular flexibility index (Phi) is 4.76. The molecule has 1 unspecified atom stereocenters. The Bertz CT molecular complexity index is 401. The lowest BCUT2D eigenvalue weighted by molar-refractivity contribution is 0.0495. The van der Waals surface area contributed by atoms with Gasteiger partial charge in [-0.2, -0.15) is 0 Å². The minimum atomic E-state index is 0. The van der Waals surface area contributed by atoms with Crippen molar-refractivity contribution in [2.24, 2.45) is 5.92 Å². The molecule has 3 rings (SSSR count). The number of hydrogen-bond donors (Lipinski definition) is 1. The monoisotopic (exact) mass is 286 g/mol. The van der Waals surface area contributed by atoms with E-state index in [-0.39, 0.29) is 12.4 Å². The van der Waals surface area contributed by atoms with E-state index in [4.69, 9.17) is 0 Å². The van der Waals surface area contributed by atoms with Crippen LogP contribution in [0.4, 0.5) is 0 Å². The Morgan fingerprint density at radius 3 is 2.63 bits per heavy atom. The van der Waals surface area contributed by atoms with Crippen molar-refractivity contribution in [3.05, 3.63) is 5.82 Å². The first-order valence-electron chi connectivity index (χ1n) is 7.00. The molecule has 0 amide bonds. The van der Waals surface area contributed by atoms with Gasteiger partial charge >= 0.3 is 0 Å². The molecule has 1 N–H and O–H groups in total. The molecule has 0 saturated carbocycles. The van der Waals surface area contributed by atoms with Crippen LogP contribution in [0.3, 0.4) is 0 Å². The molecule has 0 radical (unpaired) electrons. The summed E-state index contributed by atoms with van der Waals surface area (Å²) in [6.45, 7) is 8.81. The van der Waals surface area contributed by atoms with Crippen LogP contribution in [-0.2, 0) is 6.54 Å². The average molecular weight is 287 g/mol. The van der Waals surface area contributed by atoms with Crippen molar-refractivity contribution in [2.45, 2.75) is 45.3 Å². The highest BCUT2D eigenvalue weighted by atomic mass is 35.5. The molecule has 108 valence electrons. The minimum absolute atomic E-state index is 0. The SMILES string of the molecule is CC(C)C1c2nnnn2CCN1C1CCNCC1.Cl. The standard InChI is InChI=1S/C12H22N6.ClH/c1-9(2)11-12-14-15-16-18(12)8-7-17(11)10-3-5-13-6-4-10;/h9-11,13H,3-8H2,1-2H3;1H. The molecular formula is C12H23ClN6. The molecule has 2 aliphatic rings. The Morgan fingerprint density at radius 1 is 1.21 bits per heavy atom. The summed E-state index contributed by atoms with van der Waals surface area (Å²) in [6.07, 6.45) is 2.48. The summed E-state index contributed by atoms with van der Waals surface area (Å²) in [5.41, 5.74) is 0. The number of aromatic nitrogens is 4. The lowest BCUT2D eigenvalue weighted by atomic mass is 9.94. The maximum absolute atomic E-state index is 4.25. The van der Waals surface area contributed by atoms with Crippen LogP contribution in [0, 0.1) is 5.92 Å². The third kappa shape index (κ3) is 2.75. The van der Waals surface area contributed by atoms with Gasteiger partial charge in [0.15, 0.2) is 5.82 Å². The van der Waals surface area contributed by atoms with Gasteiger partial charge in [-0.25, -0.2) is 4.68 Å². The van der Waals surface area contributed by atoms with E-state index < -0.39 is 0 Å². The zero-order valence-electron chi connectivity index (χ0n) is 11.6. The van der Waals surface area contributed by atoms with Crippen molar-refractivity contribution in [2.75, 3.05) is 19.6 Å². The molecule has 1 fully saturated rings. The van der Waals surface area contributed by atoms with Crippen LogP contribution in [0.2, 0.25) is 0 Å². The topological polar surface area (TPSA) is 58.9 Å². The summed E-state index contributed by atoms with van der Waals surface area (Å²) in [5, 5.41) is 15.6. The molecule has 1 saturated heterocycles. The molecule has 7 heteroatoms. The second-order valence-electron chi connectivity index (χ2n) is 5.67. The maximum Gasteiger partial charge on any atom is 0.168 e. The molecule has 3 heterocycles. The highest BCUT2D eigenvalue weighted by molar-refractivity contribution is 5.85. The predicted molar refractivity (Wildman–Crippen MR) is 75.2 cm³/mol. The van der Waals surface area contributed by atoms with Gasteiger partial charge in [0.1, 0.15) is 0 Å². The molecule has 1 atom stereocenters. The molecular weight excluding hydrogens is 264 g/mol. The molecule has 0 spiro atoms. The van der Waals surface area contributed by atoms with E-state index in [2.05, 4.69) is 39.6 Å². The fraction of sp³-hybridized carbons (Fsp3) is 0.917. The van der Waals surface area contributed by atoms with E-state index in [0.29, 0.717) is 18.0 Å². The largest absolute Gasteiger partial charge is 0.317 e. The Labute approximate surface area is 120 Å². The molecule has 6 nitrogen and oxygen atoms in total. The van der Waals surface area contributed by atoms with E-state index in [1.165, 1.54) is 12.8 Å².